The molecule has 0 saturated heterocycles. The van der Waals surface area contributed by atoms with Crippen molar-refractivity contribution in [2.45, 2.75) is 24.5 Å². The van der Waals surface area contributed by atoms with Crippen LogP contribution in [0.3, 0.4) is 0 Å². The highest BCUT2D eigenvalue weighted by Gasteiger charge is 2.30. The van der Waals surface area contributed by atoms with E-state index in [1.165, 1.54) is 17.3 Å². The predicted molar refractivity (Wildman–Crippen MR) is 108 cm³/mol. The van der Waals surface area contributed by atoms with Gasteiger partial charge in [0, 0.05) is 17.8 Å². The molecule has 5 rings (SSSR count). The van der Waals surface area contributed by atoms with Gasteiger partial charge in [-0.2, -0.15) is 4.68 Å². The summed E-state index contributed by atoms with van der Waals surface area (Å²) in [6.07, 6.45) is 0.877. The molecule has 9 heteroatoms. The van der Waals surface area contributed by atoms with Gasteiger partial charge in [0.2, 0.25) is 11.1 Å². The molecule has 29 heavy (non-hydrogen) atoms. The minimum atomic E-state index is 0.0455. The second-order valence-electron chi connectivity index (χ2n) is 6.94. The number of ether oxygens (including phenoxy) is 2. The Balaban J connectivity index is 1.33. The van der Waals surface area contributed by atoms with E-state index >= 15 is 0 Å². The number of hydrogen-bond donors (Lipinski definition) is 0. The largest absolute Gasteiger partial charge is 0.486 e. The molecule has 0 unspecified atom stereocenters. The maximum atomic E-state index is 12.9. The summed E-state index contributed by atoms with van der Waals surface area (Å²) in [5.74, 6) is 1.67. The molecule has 0 bridgehead atoms. The monoisotopic (exact) mass is 409 g/mol. The molecule has 0 N–H and O–H groups in total. The molecule has 0 radical (unpaired) electrons. The third-order valence-electron chi connectivity index (χ3n) is 5.01. The molecule has 1 amide bonds. The van der Waals surface area contributed by atoms with Crippen LogP contribution >= 0.6 is 11.8 Å². The van der Waals surface area contributed by atoms with Crippen molar-refractivity contribution < 1.29 is 14.3 Å². The number of para-hydroxylation sites is 1. The van der Waals surface area contributed by atoms with E-state index in [2.05, 4.69) is 28.5 Å². The minimum absolute atomic E-state index is 0.0455. The number of thioether (sulfide) groups is 1. The van der Waals surface area contributed by atoms with Crippen molar-refractivity contribution in [3.8, 4) is 17.2 Å². The number of carbonyl (C=O) groups excluding carboxylic acids is 1. The summed E-state index contributed by atoms with van der Waals surface area (Å²) in [6, 6.07) is 13.8. The van der Waals surface area contributed by atoms with Gasteiger partial charge in [0.1, 0.15) is 13.2 Å². The van der Waals surface area contributed by atoms with Crippen LogP contribution < -0.4 is 14.4 Å². The van der Waals surface area contributed by atoms with Gasteiger partial charge in [-0.05, 0) is 47.5 Å². The lowest BCUT2D eigenvalue weighted by Crippen LogP contribution is -2.37. The first-order valence-electron chi connectivity index (χ1n) is 9.42. The molecular formula is C20H19N5O3S. The zero-order valence-corrected chi connectivity index (χ0v) is 16.6. The van der Waals surface area contributed by atoms with E-state index in [1.807, 2.05) is 41.3 Å². The summed E-state index contributed by atoms with van der Waals surface area (Å²) < 4.78 is 12.8. The Labute approximate surface area is 171 Å². The van der Waals surface area contributed by atoms with Gasteiger partial charge < -0.3 is 14.4 Å². The zero-order chi connectivity index (χ0) is 19.8. The first kappa shape index (κ1) is 18.0. The fourth-order valence-electron chi connectivity index (χ4n) is 3.74. The fourth-order valence-corrected chi connectivity index (χ4v) is 4.49. The zero-order valence-electron chi connectivity index (χ0n) is 15.8. The van der Waals surface area contributed by atoms with Crippen molar-refractivity contribution in [2.24, 2.45) is 0 Å². The average molecular weight is 409 g/mol. The predicted octanol–water partition coefficient (Wildman–Crippen LogP) is 2.50. The lowest BCUT2D eigenvalue weighted by atomic mass is 10.1. The van der Waals surface area contributed by atoms with E-state index in [4.69, 9.17) is 9.47 Å². The molecule has 0 spiro atoms. The smallest absolute Gasteiger partial charge is 0.237 e. The van der Waals surface area contributed by atoms with Crippen molar-refractivity contribution in [2.75, 3.05) is 23.9 Å². The van der Waals surface area contributed by atoms with Crippen molar-refractivity contribution in [3.63, 3.8) is 0 Å². The highest BCUT2D eigenvalue weighted by molar-refractivity contribution is 7.99. The number of anilines is 1. The standard InChI is InChI=1S/C20H19N5O3S/c1-13-10-14-4-2-3-5-16(14)24(13)19(26)12-29-20-21-22-23-25(20)15-6-7-17-18(11-15)28-9-8-27-17/h2-7,11,13H,8-10,12H2,1H3/t13-/m0/s1. The van der Waals surface area contributed by atoms with Crippen molar-refractivity contribution >= 4 is 23.4 Å². The summed E-state index contributed by atoms with van der Waals surface area (Å²) in [5.41, 5.74) is 2.96. The van der Waals surface area contributed by atoms with Crippen LogP contribution in [-0.4, -0.2) is 51.1 Å². The van der Waals surface area contributed by atoms with E-state index < -0.39 is 0 Å². The van der Waals surface area contributed by atoms with E-state index in [0.717, 1.165) is 17.8 Å². The molecular weight excluding hydrogens is 390 g/mol. The maximum absolute atomic E-state index is 12.9. The number of tetrazole rings is 1. The number of carbonyl (C=O) groups is 1. The minimum Gasteiger partial charge on any atom is -0.486 e. The Kier molecular flexibility index (Phi) is 4.59. The van der Waals surface area contributed by atoms with Crippen LogP contribution in [-0.2, 0) is 11.2 Å². The first-order valence-corrected chi connectivity index (χ1v) is 10.4. The molecule has 2 aliphatic rings. The van der Waals surface area contributed by atoms with Crippen LogP contribution in [0.2, 0.25) is 0 Å². The first-order chi connectivity index (χ1) is 14.2. The Hall–Kier alpha value is -3.07. The van der Waals surface area contributed by atoms with Crippen LogP contribution in [0, 0.1) is 0 Å². The normalized spacial score (nSPS) is 17.3. The highest BCUT2D eigenvalue weighted by atomic mass is 32.2. The van der Waals surface area contributed by atoms with Gasteiger partial charge in [0.15, 0.2) is 11.5 Å². The number of aromatic nitrogens is 4. The molecule has 0 saturated carbocycles. The van der Waals surface area contributed by atoms with Crippen LogP contribution in [0.5, 0.6) is 11.5 Å². The van der Waals surface area contributed by atoms with Gasteiger partial charge in [-0.15, -0.1) is 5.10 Å². The second kappa shape index (κ2) is 7.40. The summed E-state index contributed by atoms with van der Waals surface area (Å²) in [6.45, 7) is 3.12. The van der Waals surface area contributed by atoms with E-state index in [9.17, 15) is 4.79 Å². The topological polar surface area (TPSA) is 82.4 Å². The molecule has 2 aromatic carbocycles. The number of hydrogen-bond acceptors (Lipinski definition) is 7. The molecule has 2 aliphatic heterocycles. The van der Waals surface area contributed by atoms with Gasteiger partial charge in [-0.25, -0.2) is 0 Å². The lowest BCUT2D eigenvalue weighted by molar-refractivity contribution is -0.116. The van der Waals surface area contributed by atoms with Gasteiger partial charge in [-0.3, -0.25) is 4.79 Å². The third-order valence-corrected chi connectivity index (χ3v) is 5.92. The van der Waals surface area contributed by atoms with Gasteiger partial charge in [0.05, 0.1) is 11.4 Å². The Morgan fingerprint density at radius 3 is 2.90 bits per heavy atom. The van der Waals surface area contributed by atoms with Gasteiger partial charge >= 0.3 is 0 Å². The van der Waals surface area contributed by atoms with Crippen LogP contribution in [0.4, 0.5) is 5.69 Å². The summed E-state index contributed by atoms with van der Waals surface area (Å²) in [7, 11) is 0. The average Bonchev–Trinajstić information content (AvgIpc) is 3.35. The summed E-state index contributed by atoms with van der Waals surface area (Å²) >= 11 is 1.32. The molecule has 0 fully saturated rings. The number of nitrogens with zero attached hydrogens (tertiary/aromatic N) is 5. The molecule has 1 atom stereocenters. The number of benzene rings is 2. The molecule has 3 aromatic rings. The van der Waals surface area contributed by atoms with Crippen LogP contribution in [0.1, 0.15) is 12.5 Å². The Morgan fingerprint density at radius 2 is 2.00 bits per heavy atom. The fraction of sp³-hybridized carbons (Fsp3) is 0.300. The second-order valence-corrected chi connectivity index (χ2v) is 7.88. The van der Waals surface area contributed by atoms with Crippen molar-refractivity contribution in [1.29, 1.82) is 0 Å². The van der Waals surface area contributed by atoms with E-state index in [1.54, 1.807) is 4.68 Å². The molecule has 8 nitrogen and oxygen atoms in total. The van der Waals surface area contributed by atoms with E-state index in [0.29, 0.717) is 29.9 Å². The van der Waals surface area contributed by atoms with Gasteiger partial charge in [-0.1, -0.05) is 30.0 Å². The van der Waals surface area contributed by atoms with Gasteiger partial charge in [0.25, 0.3) is 0 Å². The van der Waals surface area contributed by atoms with Crippen molar-refractivity contribution in [1.82, 2.24) is 20.2 Å². The quantitative estimate of drug-likeness (QED) is 0.612. The Morgan fingerprint density at radius 1 is 1.17 bits per heavy atom. The summed E-state index contributed by atoms with van der Waals surface area (Å²) in [5, 5.41) is 12.5. The maximum Gasteiger partial charge on any atom is 0.237 e. The van der Waals surface area contributed by atoms with Crippen molar-refractivity contribution in [3.05, 3.63) is 48.0 Å². The van der Waals surface area contributed by atoms with E-state index in [-0.39, 0.29) is 17.7 Å². The molecule has 0 aliphatic carbocycles. The van der Waals surface area contributed by atoms with Crippen LogP contribution in [0.15, 0.2) is 47.6 Å². The number of rotatable bonds is 4. The highest BCUT2D eigenvalue weighted by Crippen LogP contribution is 2.34. The Bertz CT molecular complexity index is 1070. The molecule has 1 aromatic heterocycles. The number of amides is 1. The lowest BCUT2D eigenvalue weighted by Gasteiger charge is -2.22. The molecule has 148 valence electrons. The SMILES string of the molecule is C[C@H]1Cc2ccccc2N1C(=O)CSc1nnnn1-c1ccc2c(c1)OCCO2. The molecule has 3 heterocycles. The number of fused-ring (bicyclic) bond motifs is 2. The van der Waals surface area contributed by atoms with Crippen LogP contribution in [0.25, 0.3) is 5.69 Å². The third kappa shape index (κ3) is 3.31. The summed E-state index contributed by atoms with van der Waals surface area (Å²) in [4.78, 5) is 14.8.